The minimum Gasteiger partial charge on any atom is -0.426 e. The number of ether oxygens (including phenoxy) is 2. The van der Waals surface area contributed by atoms with Gasteiger partial charge in [0.1, 0.15) is 11.5 Å². The molecule has 0 bridgehead atoms. The molecule has 0 aromatic heterocycles. The van der Waals surface area contributed by atoms with E-state index in [1.54, 1.807) is 11.0 Å². The van der Waals surface area contributed by atoms with E-state index in [1.165, 1.54) is 13.8 Å². The Bertz CT molecular complexity index is 2000. The highest BCUT2D eigenvalue weighted by Gasteiger charge is 2.61. The van der Waals surface area contributed by atoms with Crippen molar-refractivity contribution in [2.75, 3.05) is 28.8 Å². The summed E-state index contributed by atoms with van der Waals surface area (Å²) in [6.45, 7) is 7.63. The number of fused-ring (bicyclic) bond motifs is 6. The minimum atomic E-state index is -0.772. The molecule has 0 radical (unpaired) electrons. The van der Waals surface area contributed by atoms with Crippen LogP contribution < -0.4 is 19.3 Å². The second kappa shape index (κ2) is 11.4. The minimum absolute atomic E-state index is 0.00308. The van der Waals surface area contributed by atoms with Crippen molar-refractivity contribution in [3.63, 3.8) is 0 Å². The van der Waals surface area contributed by atoms with E-state index in [4.69, 9.17) is 21.1 Å². The molecule has 2 aliphatic heterocycles. The van der Waals surface area contributed by atoms with Crippen molar-refractivity contribution in [3.8, 4) is 11.5 Å². The molecule has 0 N–H and O–H groups in total. The molecule has 0 unspecified atom stereocenters. The predicted molar refractivity (Wildman–Crippen MR) is 182 cm³/mol. The number of halogens is 1. The van der Waals surface area contributed by atoms with Crippen LogP contribution >= 0.6 is 11.6 Å². The number of carbonyl (C=O) groups excluding carboxylic acids is 4. The standard InChI is InChI=1S/C38H37ClN2O6/c1-5-38(36(45)40-15-14-26-25-10-6-7-11-27(25)32(16-30(26)40)46-22(2)42)20-37(4,21-38)35(44)41-19-24(18-39)34-29-13-9-8-12-28(29)33(17-31(34)41)47-23(3)43/h6-13,16-17,24H,5,14-15,18-21H2,1-4H3/t24-,37?,38?/m1/s1. The van der Waals surface area contributed by atoms with Crippen LogP contribution in [0.25, 0.3) is 21.5 Å². The Labute approximate surface area is 278 Å². The van der Waals surface area contributed by atoms with Gasteiger partial charge in [-0.1, -0.05) is 62.4 Å². The van der Waals surface area contributed by atoms with Crippen LogP contribution in [-0.2, 0) is 25.6 Å². The van der Waals surface area contributed by atoms with E-state index in [2.05, 4.69) is 0 Å². The number of carbonyl (C=O) groups is 4. The van der Waals surface area contributed by atoms with E-state index >= 15 is 0 Å². The normalized spacial score (nSPS) is 23.0. The number of nitrogens with zero attached hydrogens (tertiary/aromatic N) is 2. The first kappa shape index (κ1) is 31.2. The third-order valence-electron chi connectivity index (χ3n) is 10.4. The second-order valence-corrected chi connectivity index (χ2v) is 13.8. The predicted octanol–water partition coefficient (Wildman–Crippen LogP) is 7.30. The molecule has 4 aromatic carbocycles. The quantitative estimate of drug-likeness (QED) is 0.123. The second-order valence-electron chi connectivity index (χ2n) is 13.5. The number of anilines is 2. The fourth-order valence-corrected chi connectivity index (χ4v) is 8.67. The Morgan fingerprint density at radius 3 is 1.94 bits per heavy atom. The summed E-state index contributed by atoms with van der Waals surface area (Å²) in [5.41, 5.74) is 2.03. The smallest absolute Gasteiger partial charge is 0.308 e. The van der Waals surface area contributed by atoms with Gasteiger partial charge in [0.2, 0.25) is 11.8 Å². The molecule has 1 saturated carbocycles. The van der Waals surface area contributed by atoms with Gasteiger partial charge in [-0.05, 0) is 47.6 Å². The van der Waals surface area contributed by atoms with Gasteiger partial charge >= 0.3 is 11.9 Å². The molecule has 7 rings (SSSR count). The van der Waals surface area contributed by atoms with Crippen LogP contribution in [0, 0.1) is 10.8 Å². The fourth-order valence-electron chi connectivity index (χ4n) is 8.41. The summed E-state index contributed by atoms with van der Waals surface area (Å²) < 4.78 is 11.2. The molecule has 0 saturated heterocycles. The highest BCUT2D eigenvalue weighted by Crippen LogP contribution is 2.60. The molecule has 2 amide bonds. The van der Waals surface area contributed by atoms with Gasteiger partial charge in [0.05, 0.1) is 16.8 Å². The molecule has 242 valence electrons. The van der Waals surface area contributed by atoms with E-state index < -0.39 is 22.8 Å². The number of amides is 2. The summed E-state index contributed by atoms with van der Waals surface area (Å²) in [4.78, 5) is 56.5. The van der Waals surface area contributed by atoms with Crippen LogP contribution in [-0.4, -0.2) is 42.7 Å². The zero-order chi connectivity index (χ0) is 33.2. The van der Waals surface area contributed by atoms with Crippen LogP contribution in [0.5, 0.6) is 11.5 Å². The van der Waals surface area contributed by atoms with E-state index in [1.807, 2.05) is 73.3 Å². The van der Waals surface area contributed by atoms with Gasteiger partial charge in [0.25, 0.3) is 0 Å². The Hall–Kier alpha value is -4.43. The first-order chi connectivity index (χ1) is 22.5. The monoisotopic (exact) mass is 652 g/mol. The lowest BCUT2D eigenvalue weighted by Crippen LogP contribution is -2.60. The van der Waals surface area contributed by atoms with Crippen LogP contribution in [0.4, 0.5) is 11.4 Å². The van der Waals surface area contributed by atoms with E-state index in [0.29, 0.717) is 61.8 Å². The number of benzene rings is 4. The first-order valence-electron chi connectivity index (χ1n) is 16.2. The van der Waals surface area contributed by atoms with Crippen LogP contribution in [0.15, 0.2) is 60.7 Å². The maximum Gasteiger partial charge on any atom is 0.308 e. The van der Waals surface area contributed by atoms with Crippen molar-refractivity contribution in [2.24, 2.45) is 10.8 Å². The average molecular weight is 653 g/mol. The van der Waals surface area contributed by atoms with Gasteiger partial charge in [-0.2, -0.15) is 0 Å². The van der Waals surface area contributed by atoms with Gasteiger partial charge < -0.3 is 19.3 Å². The molecular formula is C38H37ClN2O6. The molecule has 1 fully saturated rings. The lowest BCUT2D eigenvalue weighted by Gasteiger charge is -2.54. The van der Waals surface area contributed by atoms with E-state index in [0.717, 1.165) is 38.4 Å². The molecular weight excluding hydrogens is 616 g/mol. The lowest BCUT2D eigenvalue weighted by molar-refractivity contribution is -0.153. The molecule has 1 atom stereocenters. The first-order valence-corrected chi connectivity index (χ1v) is 16.7. The highest BCUT2D eigenvalue weighted by molar-refractivity contribution is 6.19. The Morgan fingerprint density at radius 1 is 0.809 bits per heavy atom. The number of alkyl halides is 1. The maximum atomic E-state index is 14.5. The maximum absolute atomic E-state index is 14.5. The van der Waals surface area contributed by atoms with Crippen molar-refractivity contribution in [1.82, 2.24) is 0 Å². The third-order valence-corrected chi connectivity index (χ3v) is 10.8. The Balaban J connectivity index is 1.20. The van der Waals surface area contributed by atoms with Crippen molar-refractivity contribution >= 4 is 68.3 Å². The zero-order valence-electron chi connectivity index (χ0n) is 27.0. The van der Waals surface area contributed by atoms with Gasteiger partial charge in [-0.15, -0.1) is 11.6 Å². The van der Waals surface area contributed by atoms with Crippen molar-refractivity contribution < 1.29 is 28.7 Å². The van der Waals surface area contributed by atoms with Crippen LogP contribution in [0.2, 0.25) is 0 Å². The van der Waals surface area contributed by atoms with E-state index in [9.17, 15) is 19.2 Å². The SMILES string of the molecule is CCC1(C(=O)N2CCc3c2cc(OC(C)=O)c2ccccc32)CC(C)(C(=O)N2C[C@@H](CCl)c3c2cc(OC(C)=O)c2ccccc32)C1. The third kappa shape index (κ3) is 4.87. The molecule has 8 nitrogen and oxygen atoms in total. The van der Waals surface area contributed by atoms with Gasteiger partial charge in [-0.3, -0.25) is 19.2 Å². The number of hydrogen-bond acceptors (Lipinski definition) is 6. The largest absolute Gasteiger partial charge is 0.426 e. The van der Waals surface area contributed by atoms with Crippen molar-refractivity contribution in [3.05, 3.63) is 71.8 Å². The van der Waals surface area contributed by atoms with Crippen LogP contribution in [0.1, 0.15) is 64.0 Å². The molecule has 2 heterocycles. The van der Waals surface area contributed by atoms with Gasteiger partial charge in [-0.25, -0.2) is 0 Å². The van der Waals surface area contributed by atoms with Gasteiger partial charge in [0.15, 0.2) is 0 Å². The van der Waals surface area contributed by atoms with E-state index in [-0.39, 0.29) is 17.7 Å². The summed E-state index contributed by atoms with van der Waals surface area (Å²) in [6.07, 6.45) is 2.10. The zero-order valence-corrected chi connectivity index (χ0v) is 27.8. The number of hydrogen-bond donors (Lipinski definition) is 0. The molecule has 47 heavy (non-hydrogen) atoms. The summed E-state index contributed by atoms with van der Waals surface area (Å²) in [7, 11) is 0. The summed E-state index contributed by atoms with van der Waals surface area (Å²) in [5.74, 6) is 0.174. The molecule has 0 spiro atoms. The average Bonchev–Trinajstić information content (AvgIpc) is 3.64. The molecule has 4 aromatic rings. The molecule has 1 aliphatic carbocycles. The summed E-state index contributed by atoms with van der Waals surface area (Å²) in [5, 5.41) is 3.52. The summed E-state index contributed by atoms with van der Waals surface area (Å²) >= 11 is 6.49. The highest BCUT2D eigenvalue weighted by atomic mass is 35.5. The molecule has 9 heteroatoms. The lowest BCUT2D eigenvalue weighted by atomic mass is 9.51. The van der Waals surface area contributed by atoms with Crippen LogP contribution in [0.3, 0.4) is 0 Å². The molecule has 3 aliphatic rings. The number of esters is 2. The Morgan fingerprint density at radius 2 is 1.36 bits per heavy atom. The number of rotatable bonds is 6. The topological polar surface area (TPSA) is 93.2 Å². The van der Waals surface area contributed by atoms with Crippen molar-refractivity contribution in [1.29, 1.82) is 0 Å². The Kier molecular flexibility index (Phi) is 7.54. The van der Waals surface area contributed by atoms with Crippen molar-refractivity contribution in [2.45, 2.75) is 59.3 Å². The fraction of sp³-hybridized carbons (Fsp3) is 0.368. The summed E-state index contributed by atoms with van der Waals surface area (Å²) in [6, 6.07) is 19.1. The van der Waals surface area contributed by atoms with Gasteiger partial charge in [0, 0.05) is 67.1 Å².